The molecule has 0 amide bonds. The SMILES string of the molecule is CSOOc1ccc(Oc2ccc(-c3ccc(Oc4ccc(C)cc4)cc3)cc2)cc1. The largest absolute Gasteiger partial charge is 0.457 e. The molecule has 0 aliphatic rings. The Morgan fingerprint density at radius 1 is 0.484 bits per heavy atom. The van der Waals surface area contributed by atoms with Gasteiger partial charge in [-0.2, -0.15) is 0 Å². The Labute approximate surface area is 186 Å². The van der Waals surface area contributed by atoms with Gasteiger partial charge in [-0.25, -0.2) is 0 Å². The molecule has 0 fully saturated rings. The van der Waals surface area contributed by atoms with Crippen molar-refractivity contribution in [3.05, 3.63) is 103 Å². The fourth-order valence-corrected chi connectivity index (χ4v) is 3.09. The summed E-state index contributed by atoms with van der Waals surface area (Å²) in [6.07, 6.45) is 1.79. The molecule has 0 aliphatic heterocycles. The minimum absolute atomic E-state index is 0.617. The summed E-state index contributed by atoms with van der Waals surface area (Å²) in [6.45, 7) is 2.06. The standard InChI is InChI=1S/C26H22O4S/c1-19-3-9-22(10-4-19)27-23-11-5-20(6-12-23)21-7-13-24(14-8-21)28-25-15-17-26(18-16-25)29-30-31-2/h3-18H,1-2H3. The minimum Gasteiger partial charge on any atom is -0.457 e. The van der Waals surface area contributed by atoms with Gasteiger partial charge in [0.2, 0.25) is 0 Å². The summed E-state index contributed by atoms with van der Waals surface area (Å²) in [5.41, 5.74) is 3.42. The lowest BCUT2D eigenvalue weighted by molar-refractivity contribution is -0.0771. The van der Waals surface area contributed by atoms with Gasteiger partial charge < -0.3 is 14.4 Å². The third-order valence-corrected chi connectivity index (χ3v) is 4.76. The van der Waals surface area contributed by atoms with Gasteiger partial charge in [0, 0.05) is 18.3 Å². The normalized spacial score (nSPS) is 10.5. The molecule has 31 heavy (non-hydrogen) atoms. The monoisotopic (exact) mass is 430 g/mol. The van der Waals surface area contributed by atoms with Crippen LogP contribution in [0.25, 0.3) is 11.1 Å². The molecular weight excluding hydrogens is 408 g/mol. The quantitative estimate of drug-likeness (QED) is 0.162. The molecule has 0 radical (unpaired) electrons. The first-order valence-electron chi connectivity index (χ1n) is 9.80. The highest BCUT2D eigenvalue weighted by Crippen LogP contribution is 2.29. The van der Waals surface area contributed by atoms with Crippen LogP contribution in [0, 0.1) is 6.92 Å². The summed E-state index contributed by atoms with van der Waals surface area (Å²) in [6, 6.07) is 31.3. The van der Waals surface area contributed by atoms with E-state index in [1.165, 1.54) is 5.56 Å². The summed E-state index contributed by atoms with van der Waals surface area (Å²) in [4.78, 5) is 5.07. The molecule has 0 atom stereocenters. The predicted octanol–water partition coefficient (Wildman–Crippen LogP) is 7.84. The third kappa shape index (κ3) is 5.81. The van der Waals surface area contributed by atoms with Crippen molar-refractivity contribution in [2.24, 2.45) is 0 Å². The van der Waals surface area contributed by atoms with Gasteiger partial charge in [0.15, 0.2) is 5.75 Å². The summed E-state index contributed by atoms with van der Waals surface area (Å²) >= 11 is 1.14. The van der Waals surface area contributed by atoms with E-state index in [4.69, 9.17) is 18.7 Å². The maximum atomic E-state index is 5.90. The molecule has 4 rings (SSSR count). The molecule has 156 valence electrons. The van der Waals surface area contributed by atoms with E-state index < -0.39 is 0 Å². The van der Waals surface area contributed by atoms with Crippen LogP contribution < -0.4 is 14.4 Å². The molecule has 0 saturated carbocycles. The third-order valence-electron chi connectivity index (χ3n) is 4.56. The maximum absolute atomic E-state index is 5.90. The molecule has 0 N–H and O–H groups in total. The second-order valence-electron chi connectivity index (χ2n) is 6.86. The smallest absolute Gasteiger partial charge is 0.167 e. The molecule has 0 bridgehead atoms. The molecule has 0 unspecified atom stereocenters. The Balaban J connectivity index is 1.37. The Morgan fingerprint density at radius 3 is 1.26 bits per heavy atom. The van der Waals surface area contributed by atoms with Crippen molar-refractivity contribution in [1.29, 1.82) is 0 Å². The van der Waals surface area contributed by atoms with Crippen LogP contribution in [-0.2, 0) is 4.33 Å². The highest BCUT2D eigenvalue weighted by Gasteiger charge is 2.03. The first-order valence-corrected chi connectivity index (χ1v) is 10.9. The molecule has 4 aromatic rings. The number of aryl methyl sites for hydroxylation is 1. The number of hydrogen-bond donors (Lipinski definition) is 0. The number of ether oxygens (including phenoxy) is 2. The van der Waals surface area contributed by atoms with Crippen LogP contribution in [-0.4, -0.2) is 6.26 Å². The van der Waals surface area contributed by atoms with E-state index in [9.17, 15) is 0 Å². The Kier molecular flexibility index (Phi) is 6.77. The average Bonchev–Trinajstić information content (AvgIpc) is 2.81. The number of hydrogen-bond acceptors (Lipinski definition) is 5. The zero-order valence-corrected chi connectivity index (χ0v) is 18.1. The van der Waals surface area contributed by atoms with Crippen molar-refractivity contribution in [1.82, 2.24) is 0 Å². The first-order chi connectivity index (χ1) is 15.2. The van der Waals surface area contributed by atoms with Gasteiger partial charge in [0.1, 0.15) is 23.0 Å². The molecular formula is C26H22O4S. The molecule has 4 aromatic carbocycles. The van der Waals surface area contributed by atoms with Crippen LogP contribution in [0.15, 0.2) is 97.1 Å². The van der Waals surface area contributed by atoms with Gasteiger partial charge in [-0.3, -0.25) is 0 Å². The fourth-order valence-electron chi connectivity index (χ4n) is 2.95. The van der Waals surface area contributed by atoms with Gasteiger partial charge in [-0.05, 0) is 78.7 Å². The molecule has 5 heteroatoms. The predicted molar refractivity (Wildman–Crippen MR) is 125 cm³/mol. The van der Waals surface area contributed by atoms with E-state index in [1.54, 1.807) is 18.4 Å². The van der Waals surface area contributed by atoms with Crippen molar-refractivity contribution < 1.29 is 18.7 Å². The van der Waals surface area contributed by atoms with E-state index in [-0.39, 0.29) is 0 Å². The maximum Gasteiger partial charge on any atom is 0.167 e. The Bertz CT molecular complexity index is 1090. The first kappa shape index (κ1) is 20.8. The Morgan fingerprint density at radius 2 is 0.839 bits per heavy atom. The molecule has 0 spiro atoms. The van der Waals surface area contributed by atoms with E-state index >= 15 is 0 Å². The highest BCUT2D eigenvalue weighted by atomic mass is 32.2. The van der Waals surface area contributed by atoms with Gasteiger partial charge in [-0.1, -0.05) is 42.0 Å². The highest BCUT2D eigenvalue weighted by molar-refractivity contribution is 7.93. The van der Waals surface area contributed by atoms with E-state index in [0.29, 0.717) is 5.75 Å². The summed E-state index contributed by atoms with van der Waals surface area (Å²) in [7, 11) is 0. The van der Waals surface area contributed by atoms with Crippen molar-refractivity contribution >= 4 is 12.0 Å². The van der Waals surface area contributed by atoms with Crippen LogP contribution in [0.2, 0.25) is 0 Å². The topological polar surface area (TPSA) is 36.9 Å². The van der Waals surface area contributed by atoms with Crippen LogP contribution in [0.1, 0.15) is 5.56 Å². The van der Waals surface area contributed by atoms with Crippen molar-refractivity contribution in [2.45, 2.75) is 6.92 Å². The number of rotatable bonds is 8. The van der Waals surface area contributed by atoms with Crippen molar-refractivity contribution in [3.63, 3.8) is 0 Å². The van der Waals surface area contributed by atoms with Crippen molar-refractivity contribution in [3.8, 4) is 39.9 Å². The molecule has 0 saturated heterocycles. The second kappa shape index (κ2) is 10.1. The summed E-state index contributed by atoms with van der Waals surface area (Å²) < 4.78 is 16.6. The van der Waals surface area contributed by atoms with E-state index in [1.807, 2.05) is 72.8 Å². The summed E-state index contributed by atoms with van der Waals surface area (Å²) in [5, 5.41) is 0. The minimum atomic E-state index is 0.617. The lowest BCUT2D eigenvalue weighted by Gasteiger charge is -2.09. The van der Waals surface area contributed by atoms with Gasteiger partial charge in [-0.15, -0.1) is 4.33 Å². The van der Waals surface area contributed by atoms with Gasteiger partial charge in [0.25, 0.3) is 0 Å². The Hall–Kier alpha value is -3.41. The second-order valence-corrected chi connectivity index (χ2v) is 7.32. The lowest BCUT2D eigenvalue weighted by Crippen LogP contribution is -1.89. The molecule has 0 aromatic heterocycles. The number of benzene rings is 4. The van der Waals surface area contributed by atoms with E-state index in [2.05, 4.69) is 19.1 Å². The molecule has 4 nitrogen and oxygen atoms in total. The van der Waals surface area contributed by atoms with Gasteiger partial charge in [0.05, 0.1) is 0 Å². The lowest BCUT2D eigenvalue weighted by atomic mass is 10.1. The van der Waals surface area contributed by atoms with Crippen molar-refractivity contribution in [2.75, 3.05) is 6.26 Å². The van der Waals surface area contributed by atoms with Crippen LogP contribution in [0.3, 0.4) is 0 Å². The zero-order valence-electron chi connectivity index (χ0n) is 17.3. The van der Waals surface area contributed by atoms with E-state index in [0.717, 1.165) is 46.2 Å². The van der Waals surface area contributed by atoms with Crippen LogP contribution in [0.4, 0.5) is 0 Å². The summed E-state index contributed by atoms with van der Waals surface area (Å²) in [5.74, 6) is 3.74. The molecule has 0 heterocycles. The van der Waals surface area contributed by atoms with Crippen LogP contribution in [0.5, 0.6) is 28.7 Å². The van der Waals surface area contributed by atoms with Crippen LogP contribution >= 0.6 is 12.0 Å². The molecule has 0 aliphatic carbocycles. The average molecular weight is 431 g/mol. The fraction of sp³-hybridized carbons (Fsp3) is 0.0769. The zero-order chi connectivity index (χ0) is 21.5. The van der Waals surface area contributed by atoms with Gasteiger partial charge >= 0.3 is 0 Å².